The Morgan fingerprint density at radius 3 is 2.36 bits per heavy atom. The maximum atomic E-state index is 12.6. The Bertz CT molecular complexity index is 518. The van der Waals surface area contributed by atoms with Gasteiger partial charge in [0, 0.05) is 23.8 Å². The van der Waals surface area contributed by atoms with Gasteiger partial charge < -0.3 is 9.47 Å². The number of Topliss-reactive ketones (excluding diaryl/α,β-unsaturated/α-hetero) is 1. The summed E-state index contributed by atoms with van der Waals surface area (Å²) in [6.07, 6.45) is 7.18. The molecule has 140 valence electrons. The van der Waals surface area contributed by atoms with Gasteiger partial charge in [-0.3, -0.25) is 4.79 Å². The van der Waals surface area contributed by atoms with Crippen LogP contribution in [0.5, 0.6) is 0 Å². The summed E-state index contributed by atoms with van der Waals surface area (Å²) in [6, 6.07) is 9.51. The zero-order valence-corrected chi connectivity index (χ0v) is 16.3. The number of ether oxygens (including phenoxy) is 2. The number of benzene rings is 1. The van der Waals surface area contributed by atoms with Crippen molar-refractivity contribution in [3.05, 3.63) is 35.9 Å². The maximum Gasteiger partial charge on any atom is 0.165 e. The van der Waals surface area contributed by atoms with E-state index in [1.807, 2.05) is 30.3 Å². The Morgan fingerprint density at radius 1 is 1.04 bits per heavy atom. The van der Waals surface area contributed by atoms with Crippen LogP contribution < -0.4 is 0 Å². The molecule has 0 aliphatic carbocycles. The van der Waals surface area contributed by atoms with E-state index >= 15 is 0 Å². The van der Waals surface area contributed by atoms with Crippen LogP contribution in [0, 0.1) is 5.41 Å². The van der Waals surface area contributed by atoms with E-state index in [2.05, 4.69) is 27.7 Å². The third kappa shape index (κ3) is 6.56. The average Bonchev–Trinajstić information content (AvgIpc) is 2.58. The van der Waals surface area contributed by atoms with Crippen LogP contribution in [0.4, 0.5) is 0 Å². The smallest absolute Gasteiger partial charge is 0.165 e. The largest absolute Gasteiger partial charge is 0.349 e. The predicted octanol–water partition coefficient (Wildman–Crippen LogP) is 5.78. The summed E-state index contributed by atoms with van der Waals surface area (Å²) in [5, 5.41) is 0. The van der Waals surface area contributed by atoms with Gasteiger partial charge >= 0.3 is 0 Å². The lowest BCUT2D eigenvalue weighted by molar-refractivity contribution is -0.279. The maximum absolute atomic E-state index is 12.6. The van der Waals surface area contributed by atoms with Crippen molar-refractivity contribution in [2.24, 2.45) is 5.41 Å². The Labute approximate surface area is 153 Å². The van der Waals surface area contributed by atoms with Crippen molar-refractivity contribution < 1.29 is 14.3 Å². The molecular weight excluding hydrogens is 312 g/mol. The van der Waals surface area contributed by atoms with Crippen molar-refractivity contribution >= 4 is 5.78 Å². The van der Waals surface area contributed by atoms with Gasteiger partial charge in [-0.2, -0.15) is 0 Å². The molecule has 0 aromatic heterocycles. The second kappa shape index (κ2) is 9.49. The van der Waals surface area contributed by atoms with Crippen LogP contribution in [0.25, 0.3) is 0 Å². The molecule has 1 heterocycles. The summed E-state index contributed by atoms with van der Waals surface area (Å²) >= 11 is 0. The zero-order chi connectivity index (χ0) is 18.3. The van der Waals surface area contributed by atoms with Crippen molar-refractivity contribution in [3.63, 3.8) is 0 Å². The van der Waals surface area contributed by atoms with Crippen LogP contribution in [0.15, 0.2) is 30.3 Å². The fourth-order valence-corrected chi connectivity index (χ4v) is 3.26. The molecule has 1 aliphatic heterocycles. The summed E-state index contributed by atoms with van der Waals surface area (Å²) in [7, 11) is 0. The fraction of sp³-hybridized carbons (Fsp3) is 0.682. The average molecular weight is 347 g/mol. The summed E-state index contributed by atoms with van der Waals surface area (Å²) in [4.78, 5) is 12.6. The number of hydrogen-bond acceptors (Lipinski definition) is 3. The molecule has 0 N–H and O–H groups in total. The van der Waals surface area contributed by atoms with Crippen molar-refractivity contribution in [1.29, 1.82) is 0 Å². The van der Waals surface area contributed by atoms with Crippen molar-refractivity contribution in [3.8, 4) is 0 Å². The van der Waals surface area contributed by atoms with Gasteiger partial charge in [-0.25, -0.2) is 0 Å². The molecule has 1 saturated heterocycles. The van der Waals surface area contributed by atoms with Crippen LogP contribution in [0.2, 0.25) is 0 Å². The van der Waals surface area contributed by atoms with Crippen molar-refractivity contribution in [1.82, 2.24) is 0 Å². The molecule has 2 rings (SSSR count). The monoisotopic (exact) mass is 346 g/mol. The second-order valence-electron chi connectivity index (χ2n) is 8.29. The van der Waals surface area contributed by atoms with Gasteiger partial charge in [0.2, 0.25) is 0 Å². The summed E-state index contributed by atoms with van der Waals surface area (Å²) < 4.78 is 12.4. The van der Waals surface area contributed by atoms with Gasteiger partial charge in [0.05, 0.1) is 12.2 Å². The normalized spacial score (nSPS) is 24.2. The zero-order valence-electron chi connectivity index (χ0n) is 16.3. The molecule has 25 heavy (non-hydrogen) atoms. The SMILES string of the molecule is CCCCCC[C@@H]1C[C@@H](CC(=O)c2ccccc2)O[C@@H](C(C)(C)C)O1. The molecule has 0 amide bonds. The lowest BCUT2D eigenvalue weighted by Crippen LogP contribution is -2.45. The highest BCUT2D eigenvalue weighted by atomic mass is 16.7. The molecule has 3 heteroatoms. The number of hydrogen-bond donors (Lipinski definition) is 0. The molecule has 1 fully saturated rings. The predicted molar refractivity (Wildman–Crippen MR) is 102 cm³/mol. The van der Waals surface area contributed by atoms with E-state index in [1.54, 1.807) is 0 Å². The summed E-state index contributed by atoms with van der Waals surface area (Å²) in [6.45, 7) is 8.62. The van der Waals surface area contributed by atoms with E-state index in [9.17, 15) is 4.79 Å². The summed E-state index contributed by atoms with van der Waals surface area (Å²) in [5.74, 6) is 0.157. The number of ketones is 1. The van der Waals surface area contributed by atoms with Gasteiger partial charge in [-0.1, -0.05) is 83.7 Å². The first-order valence-corrected chi connectivity index (χ1v) is 9.79. The first-order valence-electron chi connectivity index (χ1n) is 9.79. The molecule has 0 radical (unpaired) electrons. The highest BCUT2D eigenvalue weighted by Gasteiger charge is 2.37. The minimum atomic E-state index is -0.244. The molecular formula is C22H34O3. The van der Waals surface area contributed by atoms with Crippen LogP contribution in [0.3, 0.4) is 0 Å². The topological polar surface area (TPSA) is 35.5 Å². The molecule has 0 bridgehead atoms. The van der Waals surface area contributed by atoms with Gasteiger partial charge in [-0.05, 0) is 6.42 Å². The minimum Gasteiger partial charge on any atom is -0.349 e. The third-order valence-corrected chi connectivity index (χ3v) is 4.75. The number of carbonyl (C=O) groups is 1. The van der Waals surface area contributed by atoms with E-state index in [0.717, 1.165) is 18.4 Å². The van der Waals surface area contributed by atoms with Gasteiger partial charge in [0.1, 0.15) is 0 Å². The van der Waals surface area contributed by atoms with Gasteiger partial charge in [0.15, 0.2) is 12.1 Å². The first-order chi connectivity index (χ1) is 11.9. The quantitative estimate of drug-likeness (QED) is 0.442. The molecule has 1 aromatic rings. The van der Waals surface area contributed by atoms with E-state index < -0.39 is 0 Å². The Morgan fingerprint density at radius 2 is 1.72 bits per heavy atom. The van der Waals surface area contributed by atoms with Gasteiger partial charge in [0.25, 0.3) is 0 Å². The third-order valence-electron chi connectivity index (χ3n) is 4.75. The van der Waals surface area contributed by atoms with E-state index in [4.69, 9.17) is 9.47 Å². The lowest BCUT2D eigenvalue weighted by atomic mass is 9.92. The summed E-state index contributed by atoms with van der Waals surface area (Å²) in [5.41, 5.74) is 0.681. The minimum absolute atomic E-state index is 0.0538. The van der Waals surface area contributed by atoms with Crippen molar-refractivity contribution in [2.75, 3.05) is 0 Å². The number of carbonyl (C=O) groups excluding carboxylic acids is 1. The highest BCUT2D eigenvalue weighted by molar-refractivity contribution is 5.96. The molecule has 0 saturated carbocycles. The Hall–Kier alpha value is -1.19. The highest BCUT2D eigenvalue weighted by Crippen LogP contribution is 2.34. The fourth-order valence-electron chi connectivity index (χ4n) is 3.26. The number of rotatable bonds is 8. The molecule has 0 unspecified atom stereocenters. The lowest BCUT2D eigenvalue weighted by Gasteiger charge is -2.41. The van der Waals surface area contributed by atoms with Crippen LogP contribution >= 0.6 is 0 Å². The van der Waals surface area contributed by atoms with Crippen LogP contribution in [-0.2, 0) is 9.47 Å². The van der Waals surface area contributed by atoms with E-state index in [0.29, 0.717) is 6.42 Å². The molecule has 1 aliphatic rings. The molecule has 3 atom stereocenters. The Kier molecular flexibility index (Phi) is 7.64. The Balaban J connectivity index is 1.96. The van der Waals surface area contributed by atoms with E-state index in [1.165, 1.54) is 25.7 Å². The first kappa shape index (κ1) is 20.1. The molecule has 1 aromatic carbocycles. The van der Waals surface area contributed by atoms with Crippen LogP contribution in [0.1, 0.15) is 83.0 Å². The number of unbranched alkanes of at least 4 members (excludes halogenated alkanes) is 3. The van der Waals surface area contributed by atoms with E-state index in [-0.39, 0.29) is 29.7 Å². The van der Waals surface area contributed by atoms with Gasteiger partial charge in [-0.15, -0.1) is 0 Å². The molecule has 0 spiro atoms. The van der Waals surface area contributed by atoms with Crippen molar-refractivity contribution in [2.45, 2.75) is 91.1 Å². The molecule has 3 nitrogen and oxygen atoms in total. The van der Waals surface area contributed by atoms with Crippen LogP contribution in [-0.4, -0.2) is 24.3 Å². The second-order valence-corrected chi connectivity index (χ2v) is 8.29. The standard InChI is InChI=1S/C22H34O3/c1-5-6-7-11-14-18-15-19(25-21(24-18)22(2,3)4)16-20(23)17-12-9-8-10-13-17/h8-10,12-13,18-19,21H,5-7,11,14-16H2,1-4H3/t18-,19+,21+/m1/s1.